The van der Waals surface area contributed by atoms with E-state index in [0.717, 1.165) is 12.8 Å². The SMILES string of the molecule is O=C(O)C(Nc1ccc([N+](=O)[O-])cc1Cl)C1CC1. The molecule has 7 heteroatoms. The summed E-state index contributed by atoms with van der Waals surface area (Å²) in [6, 6.07) is 3.23. The molecule has 1 aromatic rings. The molecule has 0 spiro atoms. The molecule has 1 fully saturated rings. The number of nitrogens with one attached hydrogen (secondary N) is 1. The minimum atomic E-state index is -0.938. The van der Waals surface area contributed by atoms with Gasteiger partial charge in [0.25, 0.3) is 5.69 Å². The summed E-state index contributed by atoms with van der Waals surface area (Å²) in [5, 5.41) is 22.6. The van der Waals surface area contributed by atoms with Crippen molar-refractivity contribution in [3.8, 4) is 0 Å². The molecule has 1 unspecified atom stereocenters. The van der Waals surface area contributed by atoms with Crippen LogP contribution >= 0.6 is 11.6 Å². The van der Waals surface area contributed by atoms with E-state index in [-0.39, 0.29) is 16.6 Å². The van der Waals surface area contributed by atoms with E-state index in [9.17, 15) is 14.9 Å². The number of nitro benzene ring substituents is 1. The molecule has 0 radical (unpaired) electrons. The fraction of sp³-hybridized carbons (Fsp3) is 0.364. The summed E-state index contributed by atoms with van der Waals surface area (Å²) in [5.74, 6) is -0.833. The van der Waals surface area contributed by atoms with Gasteiger partial charge in [0, 0.05) is 12.1 Å². The lowest BCUT2D eigenvalue weighted by molar-refractivity contribution is -0.384. The van der Waals surface area contributed by atoms with Crippen LogP contribution in [0.2, 0.25) is 5.02 Å². The average Bonchev–Trinajstić information content (AvgIpc) is 3.10. The smallest absolute Gasteiger partial charge is 0.326 e. The Morgan fingerprint density at radius 1 is 1.56 bits per heavy atom. The van der Waals surface area contributed by atoms with Gasteiger partial charge >= 0.3 is 5.97 Å². The normalized spacial score (nSPS) is 16.1. The largest absolute Gasteiger partial charge is 0.480 e. The van der Waals surface area contributed by atoms with Crippen LogP contribution in [0.1, 0.15) is 12.8 Å². The quantitative estimate of drug-likeness (QED) is 0.633. The highest BCUT2D eigenvalue weighted by Crippen LogP contribution is 2.36. The van der Waals surface area contributed by atoms with Gasteiger partial charge in [-0.05, 0) is 24.8 Å². The second-order valence-corrected chi connectivity index (χ2v) is 4.63. The second-order valence-electron chi connectivity index (χ2n) is 4.22. The predicted molar refractivity (Wildman–Crippen MR) is 65.9 cm³/mol. The van der Waals surface area contributed by atoms with Gasteiger partial charge in [-0.3, -0.25) is 10.1 Å². The number of hydrogen-bond acceptors (Lipinski definition) is 4. The van der Waals surface area contributed by atoms with E-state index in [1.54, 1.807) is 0 Å². The summed E-state index contributed by atoms with van der Waals surface area (Å²) in [6.45, 7) is 0. The van der Waals surface area contributed by atoms with Gasteiger partial charge in [-0.15, -0.1) is 0 Å². The van der Waals surface area contributed by atoms with Crippen LogP contribution in [-0.2, 0) is 4.79 Å². The maximum atomic E-state index is 11.1. The lowest BCUT2D eigenvalue weighted by atomic mass is 10.1. The summed E-state index contributed by atoms with van der Waals surface area (Å²) in [7, 11) is 0. The summed E-state index contributed by atoms with van der Waals surface area (Å²) in [6.07, 6.45) is 1.74. The molecule has 0 saturated heterocycles. The maximum absolute atomic E-state index is 11.1. The van der Waals surface area contributed by atoms with Gasteiger partial charge < -0.3 is 10.4 Å². The number of benzene rings is 1. The molecule has 1 aliphatic rings. The topological polar surface area (TPSA) is 92.5 Å². The third-order valence-electron chi connectivity index (χ3n) is 2.83. The number of aliphatic carboxylic acids is 1. The van der Waals surface area contributed by atoms with Crippen molar-refractivity contribution in [2.24, 2.45) is 5.92 Å². The number of carboxylic acid groups (broad SMARTS) is 1. The van der Waals surface area contributed by atoms with Crippen LogP contribution in [-0.4, -0.2) is 22.0 Å². The Balaban J connectivity index is 2.18. The third-order valence-corrected chi connectivity index (χ3v) is 3.15. The number of rotatable bonds is 5. The van der Waals surface area contributed by atoms with Crippen molar-refractivity contribution in [3.05, 3.63) is 33.3 Å². The minimum Gasteiger partial charge on any atom is -0.480 e. The fourth-order valence-corrected chi connectivity index (χ4v) is 1.94. The van der Waals surface area contributed by atoms with E-state index in [2.05, 4.69) is 5.32 Å². The van der Waals surface area contributed by atoms with Gasteiger partial charge in [0.15, 0.2) is 0 Å². The van der Waals surface area contributed by atoms with Crippen LogP contribution in [0.15, 0.2) is 18.2 Å². The van der Waals surface area contributed by atoms with Crippen molar-refractivity contribution in [1.29, 1.82) is 0 Å². The lowest BCUT2D eigenvalue weighted by Gasteiger charge is -2.15. The number of nitro groups is 1. The fourth-order valence-electron chi connectivity index (χ4n) is 1.71. The lowest BCUT2D eigenvalue weighted by Crippen LogP contribution is -2.31. The summed E-state index contributed by atoms with van der Waals surface area (Å²) >= 11 is 5.89. The Morgan fingerprint density at radius 2 is 2.22 bits per heavy atom. The standard InChI is InChI=1S/C11H11ClN2O4/c12-8-5-7(14(17)18)3-4-9(8)13-10(11(15)16)6-1-2-6/h3-6,10,13H,1-2H2,(H,15,16). The molecule has 1 aliphatic carbocycles. The monoisotopic (exact) mass is 270 g/mol. The van der Waals surface area contributed by atoms with E-state index in [0.29, 0.717) is 5.69 Å². The highest BCUT2D eigenvalue weighted by atomic mass is 35.5. The summed E-state index contributed by atoms with van der Waals surface area (Å²) in [4.78, 5) is 21.1. The average molecular weight is 271 g/mol. The Kier molecular flexibility index (Phi) is 3.38. The van der Waals surface area contributed by atoms with Crippen molar-refractivity contribution in [3.63, 3.8) is 0 Å². The summed E-state index contributed by atoms with van der Waals surface area (Å²) in [5.41, 5.74) is 0.283. The van der Waals surface area contributed by atoms with E-state index in [4.69, 9.17) is 16.7 Å². The molecular weight excluding hydrogens is 260 g/mol. The first kappa shape index (κ1) is 12.6. The molecule has 96 valence electrons. The molecule has 0 bridgehead atoms. The molecule has 6 nitrogen and oxygen atoms in total. The van der Waals surface area contributed by atoms with Crippen molar-refractivity contribution in [2.75, 3.05) is 5.32 Å². The van der Waals surface area contributed by atoms with Crippen LogP contribution in [0.3, 0.4) is 0 Å². The van der Waals surface area contributed by atoms with Gasteiger partial charge in [0.05, 0.1) is 15.6 Å². The Bertz CT molecular complexity index is 502. The maximum Gasteiger partial charge on any atom is 0.326 e. The highest BCUT2D eigenvalue weighted by Gasteiger charge is 2.36. The zero-order valence-electron chi connectivity index (χ0n) is 9.30. The summed E-state index contributed by atoms with van der Waals surface area (Å²) < 4.78 is 0. The molecular formula is C11H11ClN2O4. The Labute approximate surface area is 108 Å². The van der Waals surface area contributed by atoms with Crippen molar-refractivity contribution in [1.82, 2.24) is 0 Å². The van der Waals surface area contributed by atoms with Gasteiger partial charge in [-0.25, -0.2) is 4.79 Å². The first-order valence-corrected chi connectivity index (χ1v) is 5.80. The molecule has 0 amide bonds. The molecule has 2 rings (SSSR count). The van der Waals surface area contributed by atoms with Crippen LogP contribution in [0, 0.1) is 16.0 Å². The molecule has 0 heterocycles. The molecule has 18 heavy (non-hydrogen) atoms. The van der Waals surface area contributed by atoms with Crippen LogP contribution in [0.25, 0.3) is 0 Å². The van der Waals surface area contributed by atoms with Crippen LogP contribution in [0.4, 0.5) is 11.4 Å². The Morgan fingerprint density at radius 3 is 2.67 bits per heavy atom. The van der Waals surface area contributed by atoms with Crippen molar-refractivity contribution in [2.45, 2.75) is 18.9 Å². The van der Waals surface area contributed by atoms with Crippen molar-refractivity contribution < 1.29 is 14.8 Å². The number of halogens is 1. The van der Waals surface area contributed by atoms with Crippen LogP contribution in [0.5, 0.6) is 0 Å². The van der Waals surface area contributed by atoms with Crippen molar-refractivity contribution >= 4 is 28.9 Å². The minimum absolute atomic E-state index is 0.105. The van der Waals surface area contributed by atoms with Gasteiger partial charge in [0.1, 0.15) is 6.04 Å². The van der Waals surface area contributed by atoms with E-state index < -0.39 is 16.9 Å². The molecule has 1 saturated carbocycles. The highest BCUT2D eigenvalue weighted by molar-refractivity contribution is 6.33. The first-order valence-electron chi connectivity index (χ1n) is 5.42. The number of carbonyl (C=O) groups is 1. The zero-order chi connectivity index (χ0) is 13.3. The number of carboxylic acids is 1. The molecule has 1 aromatic carbocycles. The van der Waals surface area contributed by atoms with Gasteiger partial charge in [-0.1, -0.05) is 11.6 Å². The number of nitrogens with zero attached hydrogens (tertiary/aromatic N) is 1. The molecule has 2 N–H and O–H groups in total. The predicted octanol–water partition coefficient (Wildman–Crippen LogP) is 2.52. The molecule has 0 aliphatic heterocycles. The number of anilines is 1. The van der Waals surface area contributed by atoms with E-state index in [1.165, 1.54) is 18.2 Å². The van der Waals surface area contributed by atoms with Gasteiger partial charge in [0.2, 0.25) is 0 Å². The number of hydrogen-bond donors (Lipinski definition) is 2. The molecule has 1 atom stereocenters. The number of non-ortho nitro benzene ring substituents is 1. The van der Waals surface area contributed by atoms with Crippen LogP contribution < -0.4 is 5.32 Å². The van der Waals surface area contributed by atoms with Gasteiger partial charge in [-0.2, -0.15) is 0 Å². The van der Waals surface area contributed by atoms with E-state index >= 15 is 0 Å². The Hall–Kier alpha value is -1.82. The van der Waals surface area contributed by atoms with E-state index in [1.807, 2.05) is 0 Å². The second kappa shape index (κ2) is 4.81. The first-order chi connectivity index (χ1) is 8.49. The third kappa shape index (κ3) is 2.70. The zero-order valence-corrected chi connectivity index (χ0v) is 10.1. The molecule has 0 aromatic heterocycles.